The number of carbonyl (C=O) groups is 1. The van der Waals surface area contributed by atoms with Crippen LogP contribution < -0.4 is 5.73 Å². The van der Waals surface area contributed by atoms with Gasteiger partial charge in [0.2, 0.25) is 0 Å². The summed E-state index contributed by atoms with van der Waals surface area (Å²) < 4.78 is 2.04. The summed E-state index contributed by atoms with van der Waals surface area (Å²) in [4.78, 5) is 11.1. The van der Waals surface area contributed by atoms with Gasteiger partial charge in [-0.3, -0.25) is 4.79 Å². The summed E-state index contributed by atoms with van der Waals surface area (Å²) in [6.07, 6.45) is 6.35. The molecular formula is C10H14N2O. The van der Waals surface area contributed by atoms with Crippen LogP contribution in [0.3, 0.4) is 0 Å². The molecule has 0 spiro atoms. The van der Waals surface area contributed by atoms with Gasteiger partial charge >= 0.3 is 0 Å². The fourth-order valence-electron chi connectivity index (χ4n) is 2.13. The Kier molecular flexibility index (Phi) is 1.87. The first-order chi connectivity index (χ1) is 6.20. The van der Waals surface area contributed by atoms with Crippen molar-refractivity contribution in [2.45, 2.75) is 25.7 Å². The summed E-state index contributed by atoms with van der Waals surface area (Å²) in [6.45, 7) is 0. The van der Waals surface area contributed by atoms with Crippen LogP contribution in [0.2, 0.25) is 0 Å². The van der Waals surface area contributed by atoms with E-state index >= 15 is 0 Å². The maximum absolute atomic E-state index is 11.1. The molecule has 13 heavy (non-hydrogen) atoms. The van der Waals surface area contributed by atoms with Gasteiger partial charge in [0.05, 0.1) is 5.56 Å². The van der Waals surface area contributed by atoms with Crippen LogP contribution in [0.25, 0.3) is 0 Å². The van der Waals surface area contributed by atoms with E-state index in [2.05, 4.69) is 0 Å². The highest BCUT2D eigenvalue weighted by molar-refractivity contribution is 5.94. The van der Waals surface area contributed by atoms with Crippen LogP contribution in [0.15, 0.2) is 6.20 Å². The van der Waals surface area contributed by atoms with E-state index in [0.29, 0.717) is 0 Å². The van der Waals surface area contributed by atoms with E-state index in [9.17, 15) is 4.79 Å². The molecule has 1 aliphatic carbocycles. The second-order valence-corrected chi connectivity index (χ2v) is 3.65. The Morgan fingerprint density at radius 1 is 1.46 bits per heavy atom. The molecule has 0 aliphatic heterocycles. The highest BCUT2D eigenvalue weighted by atomic mass is 16.1. The van der Waals surface area contributed by atoms with Crippen molar-refractivity contribution in [3.63, 3.8) is 0 Å². The lowest BCUT2D eigenvalue weighted by molar-refractivity contribution is 0.0999. The quantitative estimate of drug-likeness (QED) is 0.685. The number of hydrogen-bond acceptors (Lipinski definition) is 1. The van der Waals surface area contributed by atoms with Crippen LogP contribution in [0.1, 0.15) is 34.5 Å². The summed E-state index contributed by atoms with van der Waals surface area (Å²) in [7, 11) is 1.98. The number of nitrogens with two attached hydrogens (primary N) is 1. The van der Waals surface area contributed by atoms with Crippen molar-refractivity contribution in [1.82, 2.24) is 4.57 Å². The molecule has 0 atom stereocenters. The Morgan fingerprint density at radius 3 is 2.85 bits per heavy atom. The molecular weight excluding hydrogens is 164 g/mol. The van der Waals surface area contributed by atoms with E-state index in [0.717, 1.165) is 18.4 Å². The van der Waals surface area contributed by atoms with E-state index in [1.165, 1.54) is 24.1 Å². The number of rotatable bonds is 1. The summed E-state index contributed by atoms with van der Waals surface area (Å²) in [5.41, 5.74) is 8.49. The number of primary amides is 1. The van der Waals surface area contributed by atoms with Crippen LogP contribution >= 0.6 is 0 Å². The molecule has 0 bridgehead atoms. The van der Waals surface area contributed by atoms with Gasteiger partial charge in [0, 0.05) is 18.9 Å². The molecule has 3 nitrogen and oxygen atoms in total. The summed E-state index contributed by atoms with van der Waals surface area (Å²) in [5, 5.41) is 0. The minimum absolute atomic E-state index is 0.293. The molecule has 1 heterocycles. The molecule has 1 amide bonds. The average molecular weight is 178 g/mol. The Hall–Kier alpha value is -1.25. The van der Waals surface area contributed by atoms with Gasteiger partial charge in [0.1, 0.15) is 0 Å². The van der Waals surface area contributed by atoms with E-state index in [1.807, 2.05) is 17.8 Å². The van der Waals surface area contributed by atoms with Crippen LogP contribution in [-0.2, 0) is 19.9 Å². The highest BCUT2D eigenvalue weighted by Crippen LogP contribution is 2.25. The number of amides is 1. The number of carbonyl (C=O) groups excluding carboxylic acids is 1. The first-order valence-electron chi connectivity index (χ1n) is 4.67. The molecule has 0 fully saturated rings. The molecule has 3 heteroatoms. The van der Waals surface area contributed by atoms with Gasteiger partial charge in [-0.25, -0.2) is 0 Å². The standard InChI is InChI=1S/C10H14N2O/c1-12-6-8(10(11)13)7-4-2-3-5-9(7)12/h6H,2-5H2,1H3,(H2,11,13). The van der Waals surface area contributed by atoms with Crippen molar-refractivity contribution in [2.75, 3.05) is 0 Å². The Balaban J connectivity index is 2.53. The second kappa shape index (κ2) is 2.91. The number of hydrogen-bond donors (Lipinski definition) is 1. The lowest BCUT2D eigenvalue weighted by Crippen LogP contribution is -2.13. The van der Waals surface area contributed by atoms with Crippen molar-refractivity contribution < 1.29 is 4.79 Å². The largest absolute Gasteiger partial charge is 0.366 e. The van der Waals surface area contributed by atoms with Gasteiger partial charge < -0.3 is 10.3 Å². The third kappa shape index (κ3) is 1.24. The average Bonchev–Trinajstić information content (AvgIpc) is 2.45. The van der Waals surface area contributed by atoms with Crippen LogP contribution in [0.5, 0.6) is 0 Å². The molecule has 1 aliphatic rings. The van der Waals surface area contributed by atoms with Crippen LogP contribution in [0.4, 0.5) is 0 Å². The third-order valence-electron chi connectivity index (χ3n) is 2.78. The predicted octanol–water partition coefficient (Wildman–Crippen LogP) is 1.00. The molecule has 0 unspecified atom stereocenters. The lowest BCUT2D eigenvalue weighted by atomic mass is 9.95. The van der Waals surface area contributed by atoms with Crippen molar-refractivity contribution in [2.24, 2.45) is 12.8 Å². The Morgan fingerprint density at radius 2 is 2.15 bits per heavy atom. The molecule has 0 aromatic carbocycles. The predicted molar refractivity (Wildman–Crippen MR) is 50.6 cm³/mol. The summed E-state index contributed by atoms with van der Waals surface area (Å²) >= 11 is 0. The van der Waals surface area contributed by atoms with E-state index in [-0.39, 0.29) is 5.91 Å². The molecule has 0 saturated heterocycles. The Bertz CT molecular complexity index is 352. The zero-order valence-electron chi connectivity index (χ0n) is 7.84. The van der Waals surface area contributed by atoms with Gasteiger partial charge in [0.15, 0.2) is 0 Å². The van der Waals surface area contributed by atoms with Crippen LogP contribution in [0, 0.1) is 0 Å². The third-order valence-corrected chi connectivity index (χ3v) is 2.78. The maximum atomic E-state index is 11.1. The smallest absolute Gasteiger partial charge is 0.250 e. The van der Waals surface area contributed by atoms with E-state index in [4.69, 9.17) is 5.73 Å². The second-order valence-electron chi connectivity index (χ2n) is 3.65. The molecule has 70 valence electrons. The number of aryl methyl sites for hydroxylation is 1. The fraction of sp³-hybridized carbons (Fsp3) is 0.500. The topological polar surface area (TPSA) is 48.0 Å². The molecule has 2 N–H and O–H groups in total. The molecule has 1 aromatic rings. The first kappa shape index (κ1) is 8.35. The van der Waals surface area contributed by atoms with Gasteiger partial charge in [-0.1, -0.05) is 0 Å². The fourth-order valence-corrected chi connectivity index (χ4v) is 2.13. The molecule has 0 saturated carbocycles. The monoisotopic (exact) mass is 178 g/mol. The first-order valence-corrected chi connectivity index (χ1v) is 4.67. The van der Waals surface area contributed by atoms with Gasteiger partial charge in [-0.2, -0.15) is 0 Å². The number of aromatic nitrogens is 1. The SMILES string of the molecule is Cn1cc(C(N)=O)c2c1CCCC2. The summed E-state index contributed by atoms with van der Waals surface area (Å²) in [6, 6.07) is 0. The lowest BCUT2D eigenvalue weighted by Gasteiger charge is -2.13. The van der Waals surface area contributed by atoms with Crippen molar-refractivity contribution in [1.29, 1.82) is 0 Å². The van der Waals surface area contributed by atoms with Crippen molar-refractivity contribution in [3.05, 3.63) is 23.0 Å². The normalized spacial score (nSPS) is 15.5. The van der Waals surface area contributed by atoms with Crippen molar-refractivity contribution >= 4 is 5.91 Å². The zero-order chi connectivity index (χ0) is 9.42. The van der Waals surface area contributed by atoms with Gasteiger partial charge in [0.25, 0.3) is 5.91 Å². The maximum Gasteiger partial charge on any atom is 0.250 e. The minimum atomic E-state index is -0.293. The Labute approximate surface area is 77.5 Å². The van der Waals surface area contributed by atoms with E-state index < -0.39 is 0 Å². The number of fused-ring (bicyclic) bond motifs is 1. The van der Waals surface area contributed by atoms with Crippen molar-refractivity contribution in [3.8, 4) is 0 Å². The summed E-state index contributed by atoms with van der Waals surface area (Å²) in [5.74, 6) is -0.293. The zero-order valence-corrected chi connectivity index (χ0v) is 7.84. The number of nitrogens with zero attached hydrogens (tertiary/aromatic N) is 1. The molecule has 0 radical (unpaired) electrons. The molecule has 1 aromatic heterocycles. The highest BCUT2D eigenvalue weighted by Gasteiger charge is 2.19. The molecule has 2 rings (SSSR count). The van der Waals surface area contributed by atoms with Crippen LogP contribution in [-0.4, -0.2) is 10.5 Å². The van der Waals surface area contributed by atoms with Gasteiger partial charge in [-0.05, 0) is 31.2 Å². The van der Waals surface area contributed by atoms with E-state index in [1.54, 1.807) is 0 Å². The van der Waals surface area contributed by atoms with Gasteiger partial charge in [-0.15, -0.1) is 0 Å². The minimum Gasteiger partial charge on any atom is -0.366 e.